The lowest BCUT2D eigenvalue weighted by molar-refractivity contribution is -0.0563. The Labute approximate surface area is 145 Å². The lowest BCUT2D eigenvalue weighted by Gasteiger charge is -2.31. The summed E-state index contributed by atoms with van der Waals surface area (Å²) in [6.45, 7) is 10.8. The molecule has 0 saturated carbocycles. The lowest BCUT2D eigenvalue weighted by atomic mass is 9.93. The Morgan fingerprint density at radius 2 is 2.17 bits per heavy atom. The first-order valence-corrected chi connectivity index (χ1v) is 9.09. The lowest BCUT2D eigenvalue weighted by Crippen LogP contribution is -2.44. The molecule has 2 aliphatic heterocycles. The van der Waals surface area contributed by atoms with E-state index < -0.39 is 0 Å². The summed E-state index contributed by atoms with van der Waals surface area (Å²) in [4.78, 5) is 8.99. The van der Waals surface area contributed by atoms with Crippen molar-refractivity contribution in [2.75, 3.05) is 46.5 Å². The standard InChI is InChI=1S/C19H31N3O2/c1-16(2)21(3)11-18-10-19(24-13-18)14-22(8-9-23-15-19)12-17-4-6-20-7-5-17/h4-7,16,18H,8-15H2,1-3H3/t18-,19+/m0/s1. The van der Waals surface area contributed by atoms with Crippen molar-refractivity contribution in [1.82, 2.24) is 14.8 Å². The molecule has 1 spiro atoms. The van der Waals surface area contributed by atoms with Gasteiger partial charge in [0.1, 0.15) is 5.60 Å². The summed E-state index contributed by atoms with van der Waals surface area (Å²) in [6, 6.07) is 4.76. The first-order valence-electron chi connectivity index (χ1n) is 9.09. The molecule has 3 heterocycles. The molecule has 2 atom stereocenters. The molecule has 3 rings (SSSR count). The molecule has 2 saturated heterocycles. The van der Waals surface area contributed by atoms with Crippen LogP contribution in [-0.4, -0.2) is 72.9 Å². The third-order valence-electron chi connectivity index (χ3n) is 5.30. The summed E-state index contributed by atoms with van der Waals surface area (Å²) in [6.07, 6.45) is 4.82. The van der Waals surface area contributed by atoms with E-state index in [4.69, 9.17) is 9.47 Å². The molecule has 0 amide bonds. The van der Waals surface area contributed by atoms with E-state index in [0.29, 0.717) is 12.0 Å². The quantitative estimate of drug-likeness (QED) is 0.824. The van der Waals surface area contributed by atoms with E-state index in [1.54, 1.807) is 0 Å². The zero-order valence-electron chi connectivity index (χ0n) is 15.3. The van der Waals surface area contributed by atoms with Crippen LogP contribution >= 0.6 is 0 Å². The molecule has 2 fully saturated rings. The van der Waals surface area contributed by atoms with E-state index in [2.05, 4.69) is 47.8 Å². The molecule has 1 aromatic heterocycles. The van der Waals surface area contributed by atoms with Crippen molar-refractivity contribution >= 4 is 0 Å². The number of aromatic nitrogens is 1. The maximum Gasteiger partial charge on any atom is 0.104 e. The van der Waals surface area contributed by atoms with Crippen molar-refractivity contribution in [3.63, 3.8) is 0 Å². The minimum absolute atomic E-state index is 0.133. The van der Waals surface area contributed by atoms with E-state index in [9.17, 15) is 0 Å². The number of rotatable bonds is 5. The van der Waals surface area contributed by atoms with E-state index >= 15 is 0 Å². The first-order chi connectivity index (χ1) is 11.6. The summed E-state index contributed by atoms with van der Waals surface area (Å²) < 4.78 is 12.2. The zero-order chi connectivity index (χ0) is 17.0. The fourth-order valence-corrected chi connectivity index (χ4v) is 3.75. The van der Waals surface area contributed by atoms with Crippen molar-refractivity contribution in [2.45, 2.75) is 38.5 Å². The van der Waals surface area contributed by atoms with Crippen LogP contribution in [0.15, 0.2) is 24.5 Å². The highest BCUT2D eigenvalue weighted by Crippen LogP contribution is 2.33. The predicted octanol–water partition coefficient (Wildman–Crippen LogP) is 2.03. The zero-order valence-corrected chi connectivity index (χ0v) is 15.3. The van der Waals surface area contributed by atoms with Gasteiger partial charge in [-0.1, -0.05) is 0 Å². The number of pyridine rings is 1. The molecule has 24 heavy (non-hydrogen) atoms. The average Bonchev–Trinajstić information content (AvgIpc) is 2.83. The minimum atomic E-state index is -0.133. The average molecular weight is 333 g/mol. The van der Waals surface area contributed by atoms with Gasteiger partial charge in [-0.15, -0.1) is 0 Å². The fraction of sp³-hybridized carbons (Fsp3) is 0.737. The summed E-state index contributed by atoms with van der Waals surface area (Å²) in [7, 11) is 2.20. The van der Waals surface area contributed by atoms with Gasteiger partial charge in [0.25, 0.3) is 0 Å². The summed E-state index contributed by atoms with van der Waals surface area (Å²) in [5, 5.41) is 0. The van der Waals surface area contributed by atoms with Gasteiger partial charge in [-0.05, 0) is 50.9 Å². The second-order valence-electron chi connectivity index (χ2n) is 7.72. The maximum absolute atomic E-state index is 6.32. The Kier molecular flexibility index (Phi) is 5.87. The van der Waals surface area contributed by atoms with Gasteiger partial charge in [-0.3, -0.25) is 9.88 Å². The Morgan fingerprint density at radius 3 is 2.92 bits per heavy atom. The largest absolute Gasteiger partial charge is 0.377 e. The van der Waals surface area contributed by atoms with E-state index in [1.807, 2.05) is 12.4 Å². The van der Waals surface area contributed by atoms with Crippen LogP contribution in [0.3, 0.4) is 0 Å². The number of hydrogen-bond acceptors (Lipinski definition) is 5. The van der Waals surface area contributed by atoms with Crippen LogP contribution in [0.25, 0.3) is 0 Å². The van der Waals surface area contributed by atoms with Gasteiger partial charge in [-0.2, -0.15) is 0 Å². The van der Waals surface area contributed by atoms with Crippen LogP contribution in [0.5, 0.6) is 0 Å². The SMILES string of the molecule is CC(C)N(C)C[C@H]1CO[C@]2(COCCN(Cc3ccncc3)C2)C1. The molecular weight excluding hydrogens is 302 g/mol. The molecule has 2 aliphatic rings. The Morgan fingerprint density at radius 1 is 1.38 bits per heavy atom. The first kappa shape index (κ1) is 17.8. The van der Waals surface area contributed by atoms with Crippen LogP contribution in [0.1, 0.15) is 25.8 Å². The second-order valence-corrected chi connectivity index (χ2v) is 7.72. The molecule has 0 aromatic carbocycles. The molecule has 0 unspecified atom stereocenters. The van der Waals surface area contributed by atoms with Crippen LogP contribution in [0.4, 0.5) is 0 Å². The minimum Gasteiger partial charge on any atom is -0.377 e. The molecule has 1 aromatic rings. The smallest absolute Gasteiger partial charge is 0.104 e. The highest BCUT2D eigenvalue weighted by atomic mass is 16.5. The van der Waals surface area contributed by atoms with Crippen LogP contribution < -0.4 is 0 Å². The molecule has 0 aliphatic carbocycles. The van der Waals surface area contributed by atoms with Gasteiger partial charge in [0, 0.05) is 44.6 Å². The molecule has 5 nitrogen and oxygen atoms in total. The monoisotopic (exact) mass is 333 g/mol. The van der Waals surface area contributed by atoms with Gasteiger partial charge in [0.05, 0.1) is 19.8 Å². The van der Waals surface area contributed by atoms with Crippen LogP contribution in [0, 0.1) is 5.92 Å². The fourth-order valence-electron chi connectivity index (χ4n) is 3.75. The molecule has 0 bridgehead atoms. The number of ether oxygens (including phenoxy) is 2. The molecule has 134 valence electrons. The Hall–Kier alpha value is -1.01. The van der Waals surface area contributed by atoms with Crippen LogP contribution in [0.2, 0.25) is 0 Å². The molecule has 0 radical (unpaired) electrons. The molecule has 5 heteroatoms. The van der Waals surface area contributed by atoms with Crippen molar-refractivity contribution < 1.29 is 9.47 Å². The Bertz CT molecular complexity index is 511. The van der Waals surface area contributed by atoms with Gasteiger partial charge >= 0.3 is 0 Å². The third kappa shape index (κ3) is 4.54. The third-order valence-corrected chi connectivity index (χ3v) is 5.30. The maximum atomic E-state index is 6.32. The summed E-state index contributed by atoms with van der Waals surface area (Å²) in [5.74, 6) is 0.599. The topological polar surface area (TPSA) is 37.8 Å². The summed E-state index contributed by atoms with van der Waals surface area (Å²) in [5.41, 5.74) is 1.17. The highest BCUT2D eigenvalue weighted by Gasteiger charge is 2.43. The van der Waals surface area contributed by atoms with Crippen molar-refractivity contribution in [2.24, 2.45) is 5.92 Å². The van der Waals surface area contributed by atoms with E-state index in [-0.39, 0.29) is 5.60 Å². The highest BCUT2D eigenvalue weighted by molar-refractivity contribution is 5.10. The van der Waals surface area contributed by atoms with Crippen LogP contribution in [-0.2, 0) is 16.0 Å². The van der Waals surface area contributed by atoms with Gasteiger partial charge in [0.15, 0.2) is 0 Å². The molecule has 0 N–H and O–H groups in total. The second kappa shape index (κ2) is 7.91. The van der Waals surface area contributed by atoms with Crippen molar-refractivity contribution in [3.8, 4) is 0 Å². The van der Waals surface area contributed by atoms with Gasteiger partial charge in [-0.25, -0.2) is 0 Å². The Balaban J connectivity index is 1.60. The van der Waals surface area contributed by atoms with Crippen molar-refractivity contribution in [1.29, 1.82) is 0 Å². The van der Waals surface area contributed by atoms with E-state index in [1.165, 1.54) is 5.56 Å². The number of hydrogen-bond donors (Lipinski definition) is 0. The summed E-state index contributed by atoms with van der Waals surface area (Å²) >= 11 is 0. The van der Waals surface area contributed by atoms with Crippen molar-refractivity contribution in [3.05, 3.63) is 30.1 Å². The van der Waals surface area contributed by atoms with E-state index in [0.717, 1.165) is 52.4 Å². The predicted molar refractivity (Wildman–Crippen MR) is 94.9 cm³/mol. The van der Waals surface area contributed by atoms with Gasteiger partial charge in [0.2, 0.25) is 0 Å². The number of nitrogens with zero attached hydrogens (tertiary/aromatic N) is 3. The van der Waals surface area contributed by atoms with Gasteiger partial charge < -0.3 is 14.4 Å². The molecular formula is C19H31N3O2. The normalized spacial score (nSPS) is 28.8.